The molecule has 0 N–H and O–H groups in total. The Kier molecular flexibility index (Phi) is 4.89. The molecule has 0 spiro atoms. The van der Waals surface area contributed by atoms with Crippen molar-refractivity contribution in [3.63, 3.8) is 0 Å². The van der Waals surface area contributed by atoms with E-state index in [0.717, 1.165) is 4.90 Å². The van der Waals surface area contributed by atoms with Gasteiger partial charge in [-0.2, -0.15) is 18.2 Å². The van der Waals surface area contributed by atoms with E-state index in [2.05, 4.69) is 14.7 Å². The summed E-state index contributed by atoms with van der Waals surface area (Å²) in [5.74, 6) is -1.80. The number of Topliss-reactive ketones (excluding diaryl/α,β-unsaturated/α-hetero) is 1. The van der Waals surface area contributed by atoms with Crippen LogP contribution in [0.2, 0.25) is 5.02 Å². The van der Waals surface area contributed by atoms with Crippen LogP contribution in [0.25, 0.3) is 0 Å². The van der Waals surface area contributed by atoms with E-state index in [4.69, 9.17) is 11.6 Å². The molecule has 0 aliphatic heterocycles. The zero-order valence-corrected chi connectivity index (χ0v) is 11.9. The molecule has 112 valence electrons. The van der Waals surface area contributed by atoms with Crippen molar-refractivity contribution in [2.24, 2.45) is 0 Å². The second kappa shape index (κ2) is 6.48. The van der Waals surface area contributed by atoms with Gasteiger partial charge in [-0.25, -0.2) is 0 Å². The number of carbonyl (C=O) groups is 1. The number of hydrogen-bond donors (Lipinski definition) is 0. The summed E-state index contributed by atoms with van der Waals surface area (Å²) in [5, 5.41) is 4.08. The predicted octanol–water partition coefficient (Wildman–Crippen LogP) is 3.69. The summed E-state index contributed by atoms with van der Waals surface area (Å²) in [4.78, 5) is 15.3. The standard InChI is InChI=1S/C12H8ClF3N2O2S/c13-7-3-1-2-4-8(7)21-6-10-17-11(20-18-10)5-9(19)12(14,15)16/h1-4H,5-6H2. The number of ketones is 1. The molecule has 1 heterocycles. The van der Waals surface area contributed by atoms with Crippen LogP contribution < -0.4 is 0 Å². The summed E-state index contributed by atoms with van der Waals surface area (Å²) in [6.45, 7) is 0. The summed E-state index contributed by atoms with van der Waals surface area (Å²) < 4.78 is 40.9. The number of nitrogens with zero attached hydrogens (tertiary/aromatic N) is 2. The zero-order valence-electron chi connectivity index (χ0n) is 10.4. The number of thioether (sulfide) groups is 1. The molecule has 0 amide bonds. The van der Waals surface area contributed by atoms with Crippen LogP contribution in [0, 0.1) is 0 Å². The minimum Gasteiger partial charge on any atom is -0.339 e. The third-order valence-electron chi connectivity index (χ3n) is 2.33. The molecule has 9 heteroatoms. The van der Waals surface area contributed by atoms with Crippen LogP contribution in [-0.4, -0.2) is 22.1 Å². The average molecular weight is 337 g/mol. The molecular weight excluding hydrogens is 329 g/mol. The van der Waals surface area contributed by atoms with Gasteiger partial charge in [0.1, 0.15) is 0 Å². The maximum atomic E-state index is 12.1. The van der Waals surface area contributed by atoms with Crippen LogP contribution in [0.1, 0.15) is 11.7 Å². The van der Waals surface area contributed by atoms with Crippen molar-refractivity contribution in [1.82, 2.24) is 10.1 Å². The minimum atomic E-state index is -4.90. The molecule has 1 aromatic carbocycles. The lowest BCUT2D eigenvalue weighted by molar-refractivity contribution is -0.170. The lowest BCUT2D eigenvalue weighted by Crippen LogP contribution is -2.24. The molecule has 0 unspecified atom stereocenters. The van der Waals surface area contributed by atoms with Crippen molar-refractivity contribution in [3.05, 3.63) is 41.0 Å². The summed E-state index contributed by atoms with van der Waals surface area (Å²) in [6, 6.07) is 7.09. The summed E-state index contributed by atoms with van der Waals surface area (Å²) in [5.41, 5.74) is 0. The Morgan fingerprint density at radius 2 is 2.05 bits per heavy atom. The SMILES string of the molecule is O=C(Cc1nc(CSc2ccccc2Cl)no1)C(F)(F)F. The van der Waals surface area contributed by atoms with Crippen LogP contribution in [-0.2, 0) is 17.0 Å². The van der Waals surface area contributed by atoms with Gasteiger partial charge in [-0.15, -0.1) is 11.8 Å². The van der Waals surface area contributed by atoms with Gasteiger partial charge in [0.2, 0.25) is 11.7 Å². The second-order valence-electron chi connectivity index (χ2n) is 3.92. The van der Waals surface area contributed by atoms with Gasteiger partial charge in [0, 0.05) is 4.90 Å². The van der Waals surface area contributed by atoms with Crippen LogP contribution in [0.4, 0.5) is 13.2 Å². The van der Waals surface area contributed by atoms with E-state index < -0.39 is 18.4 Å². The first-order chi connectivity index (χ1) is 9.86. The molecule has 2 aromatic rings. The first-order valence-corrected chi connectivity index (χ1v) is 7.01. The van der Waals surface area contributed by atoms with E-state index in [1.54, 1.807) is 24.3 Å². The van der Waals surface area contributed by atoms with E-state index in [-0.39, 0.29) is 17.5 Å². The fourth-order valence-corrected chi connectivity index (χ4v) is 2.44. The number of aromatic nitrogens is 2. The lowest BCUT2D eigenvalue weighted by atomic mass is 10.3. The van der Waals surface area contributed by atoms with Gasteiger partial charge < -0.3 is 4.52 Å². The highest BCUT2D eigenvalue weighted by Crippen LogP contribution is 2.28. The normalized spacial score (nSPS) is 11.6. The molecule has 2 rings (SSSR count). The molecular formula is C12H8ClF3N2O2S. The van der Waals surface area contributed by atoms with Crippen LogP contribution in [0.15, 0.2) is 33.7 Å². The van der Waals surface area contributed by atoms with Gasteiger partial charge in [-0.3, -0.25) is 4.79 Å². The Morgan fingerprint density at radius 3 is 2.71 bits per heavy atom. The number of carbonyl (C=O) groups excluding carboxylic acids is 1. The van der Waals surface area contributed by atoms with E-state index in [1.807, 2.05) is 0 Å². The molecule has 4 nitrogen and oxygen atoms in total. The Labute approximate surface area is 126 Å². The molecule has 0 saturated carbocycles. The van der Waals surface area contributed by atoms with Crippen molar-refractivity contribution in [1.29, 1.82) is 0 Å². The molecule has 21 heavy (non-hydrogen) atoms. The van der Waals surface area contributed by atoms with E-state index >= 15 is 0 Å². The Morgan fingerprint density at radius 1 is 1.33 bits per heavy atom. The number of alkyl halides is 3. The third-order valence-corrected chi connectivity index (χ3v) is 3.84. The second-order valence-corrected chi connectivity index (χ2v) is 5.35. The molecule has 0 fully saturated rings. The summed E-state index contributed by atoms with van der Waals surface area (Å²) in [7, 11) is 0. The van der Waals surface area contributed by atoms with Crippen LogP contribution in [0.5, 0.6) is 0 Å². The highest BCUT2D eigenvalue weighted by atomic mass is 35.5. The van der Waals surface area contributed by atoms with E-state index in [0.29, 0.717) is 5.02 Å². The number of halogens is 4. The molecule has 0 aliphatic rings. The third kappa shape index (κ3) is 4.47. The summed E-state index contributed by atoms with van der Waals surface area (Å²) >= 11 is 7.27. The monoisotopic (exact) mass is 336 g/mol. The molecule has 0 atom stereocenters. The van der Waals surface area contributed by atoms with Gasteiger partial charge in [0.05, 0.1) is 17.2 Å². The van der Waals surface area contributed by atoms with Gasteiger partial charge in [-0.1, -0.05) is 28.9 Å². The molecule has 0 saturated heterocycles. The number of hydrogen-bond acceptors (Lipinski definition) is 5. The van der Waals surface area contributed by atoms with E-state index in [1.165, 1.54) is 11.8 Å². The van der Waals surface area contributed by atoms with Crippen molar-refractivity contribution < 1.29 is 22.5 Å². The van der Waals surface area contributed by atoms with Gasteiger partial charge in [0.15, 0.2) is 5.82 Å². The maximum absolute atomic E-state index is 12.1. The van der Waals surface area contributed by atoms with Crippen molar-refractivity contribution in [3.8, 4) is 0 Å². The quantitative estimate of drug-likeness (QED) is 0.779. The Balaban J connectivity index is 1.95. The number of benzene rings is 1. The largest absolute Gasteiger partial charge is 0.450 e. The van der Waals surface area contributed by atoms with Crippen molar-refractivity contribution in [2.75, 3.05) is 0 Å². The average Bonchev–Trinajstić information content (AvgIpc) is 2.84. The first kappa shape index (κ1) is 15.8. The van der Waals surface area contributed by atoms with Crippen LogP contribution in [0.3, 0.4) is 0 Å². The van der Waals surface area contributed by atoms with E-state index in [9.17, 15) is 18.0 Å². The molecule has 1 aromatic heterocycles. The highest BCUT2D eigenvalue weighted by Gasteiger charge is 2.39. The van der Waals surface area contributed by atoms with Gasteiger partial charge in [0.25, 0.3) is 0 Å². The smallest absolute Gasteiger partial charge is 0.339 e. The minimum absolute atomic E-state index is 0.199. The molecule has 0 aliphatic carbocycles. The van der Waals surface area contributed by atoms with Crippen molar-refractivity contribution in [2.45, 2.75) is 23.2 Å². The predicted molar refractivity (Wildman–Crippen MR) is 70.1 cm³/mol. The number of rotatable bonds is 5. The Bertz CT molecular complexity index is 645. The fraction of sp³-hybridized carbons (Fsp3) is 0.250. The topological polar surface area (TPSA) is 56.0 Å². The van der Waals surface area contributed by atoms with Gasteiger partial charge >= 0.3 is 6.18 Å². The summed E-state index contributed by atoms with van der Waals surface area (Å²) in [6.07, 6.45) is -5.85. The highest BCUT2D eigenvalue weighted by molar-refractivity contribution is 7.98. The molecule has 0 bridgehead atoms. The van der Waals surface area contributed by atoms with Gasteiger partial charge in [-0.05, 0) is 12.1 Å². The lowest BCUT2D eigenvalue weighted by Gasteiger charge is -2.01. The Hall–Kier alpha value is -1.54. The maximum Gasteiger partial charge on any atom is 0.450 e. The molecule has 0 radical (unpaired) electrons. The van der Waals surface area contributed by atoms with Crippen LogP contribution >= 0.6 is 23.4 Å². The van der Waals surface area contributed by atoms with Crippen molar-refractivity contribution >= 4 is 29.1 Å². The fourth-order valence-electron chi connectivity index (χ4n) is 1.36. The zero-order chi connectivity index (χ0) is 15.5. The first-order valence-electron chi connectivity index (χ1n) is 5.65.